The van der Waals surface area contributed by atoms with E-state index in [4.69, 9.17) is 9.47 Å². The van der Waals surface area contributed by atoms with Crippen LogP contribution in [0.15, 0.2) is 65.6 Å². The van der Waals surface area contributed by atoms with E-state index in [2.05, 4.69) is 27.9 Å². The normalized spacial score (nSPS) is 12.8. The van der Waals surface area contributed by atoms with Gasteiger partial charge in [-0.15, -0.1) is 0 Å². The number of aryl methyl sites for hydroxylation is 1. The molecule has 3 aromatic carbocycles. The highest BCUT2D eigenvalue weighted by Gasteiger charge is 2.29. The Morgan fingerprint density at radius 1 is 1.06 bits per heavy atom. The molecular weight excluding hydrogens is 562 g/mol. The van der Waals surface area contributed by atoms with E-state index in [0.29, 0.717) is 30.4 Å². The number of hydrogen-bond acceptors (Lipinski definition) is 5. The molecule has 0 spiro atoms. The van der Waals surface area contributed by atoms with Gasteiger partial charge in [0.05, 0.1) is 10.6 Å². The second-order valence-corrected chi connectivity index (χ2v) is 10.4. The molecule has 0 aliphatic carbocycles. The van der Waals surface area contributed by atoms with Crippen molar-refractivity contribution in [2.75, 3.05) is 29.4 Å². The molecule has 0 bridgehead atoms. The number of nitrogens with zero attached hydrogens (tertiary/aromatic N) is 1. The predicted octanol–water partition coefficient (Wildman–Crippen LogP) is 4.34. The lowest BCUT2D eigenvalue weighted by Gasteiger charge is -2.25. The van der Waals surface area contributed by atoms with Crippen molar-refractivity contribution in [1.82, 2.24) is 0 Å². The molecule has 1 aliphatic heterocycles. The first-order valence-corrected chi connectivity index (χ1v) is 12.5. The van der Waals surface area contributed by atoms with Crippen LogP contribution in [0.3, 0.4) is 0 Å². The van der Waals surface area contributed by atoms with Crippen molar-refractivity contribution >= 4 is 49.9 Å². The summed E-state index contributed by atoms with van der Waals surface area (Å²) < 4.78 is 53.9. The van der Waals surface area contributed by atoms with Gasteiger partial charge in [-0.25, -0.2) is 12.8 Å². The van der Waals surface area contributed by atoms with Gasteiger partial charge in [-0.3, -0.25) is 9.10 Å². The molecule has 172 valence electrons. The van der Waals surface area contributed by atoms with Gasteiger partial charge < -0.3 is 14.8 Å². The molecule has 0 saturated heterocycles. The third-order valence-corrected chi connectivity index (χ3v) is 7.39. The molecule has 0 saturated carbocycles. The average molecular weight is 582 g/mol. The van der Waals surface area contributed by atoms with Crippen molar-refractivity contribution in [2.45, 2.75) is 11.8 Å². The first-order chi connectivity index (χ1) is 15.7. The molecule has 3 aromatic rings. The van der Waals surface area contributed by atoms with Crippen molar-refractivity contribution < 1.29 is 27.1 Å². The Morgan fingerprint density at radius 2 is 1.82 bits per heavy atom. The van der Waals surface area contributed by atoms with Crippen molar-refractivity contribution in [3.8, 4) is 11.5 Å². The molecule has 0 fully saturated rings. The van der Waals surface area contributed by atoms with Gasteiger partial charge >= 0.3 is 0 Å². The SMILES string of the molecule is Cc1cc(I)ccc1NC(=O)CN(c1cccc(F)c1)S(=O)(=O)c1ccc2c(c1)OCCO2. The number of benzene rings is 3. The Balaban J connectivity index is 1.68. The van der Waals surface area contributed by atoms with E-state index >= 15 is 0 Å². The van der Waals surface area contributed by atoms with E-state index in [1.165, 1.54) is 36.4 Å². The second kappa shape index (κ2) is 9.56. The Labute approximate surface area is 204 Å². The van der Waals surface area contributed by atoms with Gasteiger partial charge in [-0.2, -0.15) is 0 Å². The van der Waals surface area contributed by atoms with Gasteiger partial charge in [0.15, 0.2) is 11.5 Å². The summed E-state index contributed by atoms with van der Waals surface area (Å²) >= 11 is 2.16. The summed E-state index contributed by atoms with van der Waals surface area (Å²) in [6, 6.07) is 14.8. The summed E-state index contributed by atoms with van der Waals surface area (Å²) in [5, 5.41) is 2.74. The molecule has 0 atom stereocenters. The molecule has 4 rings (SSSR count). The van der Waals surface area contributed by atoms with Crippen LogP contribution in [0, 0.1) is 16.3 Å². The van der Waals surface area contributed by atoms with Gasteiger partial charge in [0, 0.05) is 15.3 Å². The third kappa shape index (κ3) is 5.22. The maximum atomic E-state index is 14.0. The zero-order chi connectivity index (χ0) is 23.6. The quantitative estimate of drug-likeness (QED) is 0.438. The fraction of sp³-hybridized carbons (Fsp3) is 0.174. The zero-order valence-electron chi connectivity index (χ0n) is 17.5. The van der Waals surface area contributed by atoms with Gasteiger partial charge in [0.25, 0.3) is 10.0 Å². The number of nitrogens with one attached hydrogen (secondary N) is 1. The lowest BCUT2D eigenvalue weighted by atomic mass is 10.2. The van der Waals surface area contributed by atoms with Crippen molar-refractivity contribution in [3.05, 3.63) is 75.6 Å². The molecule has 0 radical (unpaired) electrons. The van der Waals surface area contributed by atoms with Gasteiger partial charge in [0.1, 0.15) is 25.6 Å². The largest absolute Gasteiger partial charge is 0.486 e. The van der Waals surface area contributed by atoms with E-state index in [-0.39, 0.29) is 10.6 Å². The van der Waals surface area contributed by atoms with Crippen molar-refractivity contribution in [2.24, 2.45) is 0 Å². The minimum atomic E-state index is -4.24. The summed E-state index contributed by atoms with van der Waals surface area (Å²) in [6.45, 7) is 1.95. The molecule has 1 heterocycles. The van der Waals surface area contributed by atoms with Crippen LogP contribution in [0.2, 0.25) is 0 Å². The first kappa shape index (κ1) is 23.3. The highest BCUT2D eigenvalue weighted by Crippen LogP contribution is 2.34. The molecule has 10 heteroatoms. The Bertz CT molecular complexity index is 1320. The number of halogens is 2. The standard InChI is InChI=1S/C23H20FIN2O5S/c1-15-11-17(25)5-7-20(15)26-23(28)14-27(18-4-2-3-16(24)12-18)33(29,30)19-6-8-21-22(13-19)32-10-9-31-21/h2-8,11-13H,9-10,14H2,1H3,(H,26,28). The zero-order valence-corrected chi connectivity index (χ0v) is 20.5. The topological polar surface area (TPSA) is 84.9 Å². The van der Waals surface area contributed by atoms with E-state index in [9.17, 15) is 17.6 Å². The maximum absolute atomic E-state index is 14.0. The van der Waals surface area contributed by atoms with Crippen LogP contribution in [-0.2, 0) is 14.8 Å². The molecule has 33 heavy (non-hydrogen) atoms. The third-order valence-electron chi connectivity index (χ3n) is 4.95. The molecule has 0 unspecified atom stereocenters. The van der Waals surface area contributed by atoms with Crippen molar-refractivity contribution in [1.29, 1.82) is 0 Å². The number of ether oxygens (including phenoxy) is 2. The Hall–Kier alpha value is -2.86. The highest BCUT2D eigenvalue weighted by atomic mass is 127. The summed E-state index contributed by atoms with van der Waals surface area (Å²) in [5.41, 5.74) is 1.43. The summed E-state index contributed by atoms with van der Waals surface area (Å²) in [7, 11) is -4.24. The van der Waals surface area contributed by atoms with Crippen LogP contribution >= 0.6 is 22.6 Å². The number of amides is 1. The molecular formula is C23H20FIN2O5S. The maximum Gasteiger partial charge on any atom is 0.264 e. The fourth-order valence-electron chi connectivity index (χ4n) is 3.35. The van der Waals surface area contributed by atoms with E-state index in [1.807, 2.05) is 19.1 Å². The van der Waals surface area contributed by atoms with E-state index in [1.54, 1.807) is 6.07 Å². The van der Waals surface area contributed by atoms with E-state index < -0.39 is 28.3 Å². The monoisotopic (exact) mass is 582 g/mol. The van der Waals surface area contributed by atoms with Crippen LogP contribution in [-0.4, -0.2) is 34.1 Å². The summed E-state index contributed by atoms with van der Waals surface area (Å²) in [4.78, 5) is 12.8. The lowest BCUT2D eigenvalue weighted by Crippen LogP contribution is -2.38. The number of carbonyl (C=O) groups is 1. The second-order valence-electron chi connectivity index (χ2n) is 7.30. The average Bonchev–Trinajstić information content (AvgIpc) is 2.79. The fourth-order valence-corrected chi connectivity index (χ4v) is 5.42. The Morgan fingerprint density at radius 3 is 2.55 bits per heavy atom. The number of rotatable bonds is 6. The van der Waals surface area contributed by atoms with Gasteiger partial charge in [0.2, 0.25) is 5.91 Å². The summed E-state index contributed by atoms with van der Waals surface area (Å²) in [6.07, 6.45) is 0. The van der Waals surface area contributed by atoms with Gasteiger partial charge in [-0.05, 0) is 83.6 Å². The number of fused-ring (bicyclic) bond motifs is 1. The number of sulfonamides is 1. The minimum Gasteiger partial charge on any atom is -0.486 e. The van der Waals surface area contributed by atoms with Crippen LogP contribution in [0.1, 0.15) is 5.56 Å². The van der Waals surface area contributed by atoms with Crippen LogP contribution in [0.5, 0.6) is 11.5 Å². The molecule has 7 nitrogen and oxygen atoms in total. The Kier molecular flexibility index (Phi) is 6.75. The summed E-state index contributed by atoms with van der Waals surface area (Å²) in [5.74, 6) is -0.460. The molecule has 0 aromatic heterocycles. The molecule has 1 aliphatic rings. The predicted molar refractivity (Wildman–Crippen MR) is 131 cm³/mol. The molecule has 1 N–H and O–H groups in total. The van der Waals surface area contributed by atoms with E-state index in [0.717, 1.165) is 19.5 Å². The van der Waals surface area contributed by atoms with Crippen molar-refractivity contribution in [3.63, 3.8) is 0 Å². The van der Waals surface area contributed by atoms with Crippen LogP contribution < -0.4 is 19.1 Å². The van der Waals surface area contributed by atoms with Crippen LogP contribution in [0.4, 0.5) is 15.8 Å². The lowest BCUT2D eigenvalue weighted by molar-refractivity contribution is -0.114. The number of hydrogen-bond donors (Lipinski definition) is 1. The number of anilines is 2. The minimum absolute atomic E-state index is 0.0272. The first-order valence-electron chi connectivity index (χ1n) is 9.98. The van der Waals surface area contributed by atoms with Crippen LogP contribution in [0.25, 0.3) is 0 Å². The number of carbonyl (C=O) groups excluding carboxylic acids is 1. The highest BCUT2D eigenvalue weighted by molar-refractivity contribution is 14.1. The smallest absolute Gasteiger partial charge is 0.264 e. The molecule has 1 amide bonds. The van der Waals surface area contributed by atoms with Gasteiger partial charge in [-0.1, -0.05) is 6.07 Å².